The summed E-state index contributed by atoms with van der Waals surface area (Å²) in [6, 6.07) is 0. The molecule has 0 atom stereocenters. The van der Waals surface area contributed by atoms with Crippen LogP contribution in [0.15, 0.2) is 6.20 Å². The molecule has 5 heteroatoms. The molecule has 1 aromatic rings. The van der Waals surface area contributed by atoms with Gasteiger partial charge in [-0.15, -0.1) is 0 Å². The molecule has 0 fully saturated rings. The van der Waals surface area contributed by atoms with Gasteiger partial charge >= 0.3 is 5.97 Å². The molecule has 1 heterocycles. The number of carbonyl (C=O) groups is 1. The molecule has 1 aromatic heterocycles. The normalized spacial score (nSPS) is 11.0. The van der Waals surface area contributed by atoms with Gasteiger partial charge in [0, 0.05) is 12.2 Å². The minimum absolute atomic E-state index is 0.291. The van der Waals surface area contributed by atoms with Crippen LogP contribution in [0.2, 0.25) is 0 Å². The zero-order valence-electron chi connectivity index (χ0n) is 10.1. The molecule has 0 aliphatic rings. The third kappa shape index (κ3) is 2.82. The lowest BCUT2D eigenvalue weighted by Gasteiger charge is -2.18. The summed E-state index contributed by atoms with van der Waals surface area (Å²) in [7, 11) is 0. The Morgan fingerprint density at radius 3 is 2.56 bits per heavy atom. The van der Waals surface area contributed by atoms with Gasteiger partial charge in [0.2, 0.25) is 0 Å². The van der Waals surface area contributed by atoms with Crippen molar-refractivity contribution >= 4 is 5.97 Å². The maximum atomic E-state index is 10.8. The van der Waals surface area contributed by atoms with Crippen LogP contribution in [0.25, 0.3) is 0 Å². The Morgan fingerprint density at radius 1 is 1.50 bits per heavy atom. The van der Waals surface area contributed by atoms with Crippen molar-refractivity contribution in [1.29, 1.82) is 0 Å². The van der Waals surface area contributed by atoms with Crippen LogP contribution >= 0.6 is 0 Å². The van der Waals surface area contributed by atoms with Gasteiger partial charge in [0.1, 0.15) is 5.56 Å². The number of aromatic carboxylic acids is 1. The van der Waals surface area contributed by atoms with E-state index in [1.807, 2.05) is 0 Å². The van der Waals surface area contributed by atoms with Crippen molar-refractivity contribution in [3.63, 3.8) is 0 Å². The predicted octanol–water partition coefficient (Wildman–Crippen LogP) is 1.23. The van der Waals surface area contributed by atoms with Crippen LogP contribution in [0.1, 0.15) is 29.9 Å². The van der Waals surface area contributed by atoms with Crippen LogP contribution in [0.3, 0.4) is 0 Å². The summed E-state index contributed by atoms with van der Waals surface area (Å²) in [5, 5.41) is 13.0. The van der Waals surface area contributed by atoms with Gasteiger partial charge < -0.3 is 10.0 Å². The second kappa shape index (κ2) is 5.65. The fourth-order valence-corrected chi connectivity index (χ4v) is 1.66. The summed E-state index contributed by atoms with van der Waals surface area (Å²) in [6.45, 7) is 9.66. The minimum atomic E-state index is -0.911. The number of aromatic nitrogens is 2. The molecule has 1 rings (SSSR count). The number of rotatable bonds is 6. The number of likely N-dealkylation sites (N-methyl/N-ethyl adjacent to an activating group) is 1. The summed E-state index contributed by atoms with van der Waals surface area (Å²) in [6.07, 6.45) is 1.42. The van der Waals surface area contributed by atoms with Gasteiger partial charge in [-0.25, -0.2) is 4.79 Å². The van der Waals surface area contributed by atoms with Crippen LogP contribution < -0.4 is 0 Å². The molecule has 5 nitrogen and oxygen atoms in total. The Kier molecular flexibility index (Phi) is 4.49. The first-order chi connectivity index (χ1) is 7.60. The molecule has 0 radical (unpaired) electrons. The van der Waals surface area contributed by atoms with E-state index < -0.39 is 5.97 Å². The van der Waals surface area contributed by atoms with E-state index in [4.69, 9.17) is 5.11 Å². The van der Waals surface area contributed by atoms with Crippen LogP contribution in [-0.2, 0) is 6.54 Å². The Bertz CT molecular complexity index is 356. The topological polar surface area (TPSA) is 58.4 Å². The molecule has 0 aliphatic carbocycles. The van der Waals surface area contributed by atoms with Gasteiger partial charge in [0.15, 0.2) is 0 Å². The highest BCUT2D eigenvalue weighted by molar-refractivity contribution is 5.88. The molecule has 0 aromatic carbocycles. The quantitative estimate of drug-likeness (QED) is 0.791. The van der Waals surface area contributed by atoms with Crippen molar-refractivity contribution in [1.82, 2.24) is 14.7 Å². The van der Waals surface area contributed by atoms with Gasteiger partial charge in [-0.3, -0.25) is 4.68 Å². The highest BCUT2D eigenvalue weighted by atomic mass is 16.4. The summed E-state index contributed by atoms with van der Waals surface area (Å²) in [5.74, 6) is -0.911. The summed E-state index contributed by atoms with van der Waals surface area (Å²) in [5.41, 5.74) is 1.01. The van der Waals surface area contributed by atoms with Crippen LogP contribution in [-0.4, -0.2) is 45.4 Å². The number of hydrogen-bond acceptors (Lipinski definition) is 3. The SMILES string of the molecule is CCN(CC)CCn1ncc(C(=O)O)c1C. The maximum absolute atomic E-state index is 10.8. The Labute approximate surface area is 95.7 Å². The predicted molar refractivity (Wildman–Crippen MR) is 61.7 cm³/mol. The lowest BCUT2D eigenvalue weighted by molar-refractivity contribution is 0.0696. The van der Waals surface area contributed by atoms with E-state index >= 15 is 0 Å². The van der Waals surface area contributed by atoms with Crippen molar-refractivity contribution in [2.24, 2.45) is 0 Å². The van der Waals surface area contributed by atoms with Gasteiger partial charge in [0.25, 0.3) is 0 Å². The Hall–Kier alpha value is -1.36. The van der Waals surface area contributed by atoms with E-state index in [2.05, 4.69) is 23.8 Å². The van der Waals surface area contributed by atoms with Gasteiger partial charge in [-0.05, 0) is 20.0 Å². The highest BCUT2D eigenvalue weighted by Crippen LogP contribution is 2.06. The fourth-order valence-electron chi connectivity index (χ4n) is 1.66. The monoisotopic (exact) mass is 225 g/mol. The summed E-state index contributed by atoms with van der Waals surface area (Å²) >= 11 is 0. The third-order valence-corrected chi connectivity index (χ3v) is 2.86. The number of nitrogens with zero attached hydrogens (tertiary/aromatic N) is 3. The van der Waals surface area contributed by atoms with Gasteiger partial charge in [-0.1, -0.05) is 13.8 Å². The Morgan fingerprint density at radius 2 is 2.12 bits per heavy atom. The third-order valence-electron chi connectivity index (χ3n) is 2.86. The Balaban J connectivity index is 2.64. The lowest BCUT2D eigenvalue weighted by atomic mass is 10.3. The first kappa shape index (κ1) is 12.7. The lowest BCUT2D eigenvalue weighted by Crippen LogP contribution is -2.27. The molecule has 0 bridgehead atoms. The maximum Gasteiger partial charge on any atom is 0.339 e. The number of carboxylic acids is 1. The van der Waals surface area contributed by atoms with Crippen LogP contribution in [0, 0.1) is 6.92 Å². The second-order valence-corrected chi connectivity index (χ2v) is 3.70. The molecule has 1 N–H and O–H groups in total. The van der Waals surface area contributed by atoms with E-state index in [-0.39, 0.29) is 0 Å². The standard InChI is InChI=1S/C11H19N3O2/c1-4-13(5-2)6-7-14-9(3)10(8-12-14)11(15)16/h8H,4-7H2,1-3H3,(H,15,16). The molecule has 0 saturated heterocycles. The summed E-state index contributed by atoms with van der Waals surface area (Å²) in [4.78, 5) is 13.1. The van der Waals surface area contributed by atoms with Crippen molar-refractivity contribution in [3.8, 4) is 0 Å². The average Bonchev–Trinajstić information content (AvgIpc) is 2.62. The van der Waals surface area contributed by atoms with Crippen molar-refractivity contribution < 1.29 is 9.90 Å². The minimum Gasteiger partial charge on any atom is -0.478 e. The van der Waals surface area contributed by atoms with Crippen molar-refractivity contribution in [2.45, 2.75) is 27.3 Å². The molecule has 0 aliphatic heterocycles. The van der Waals surface area contributed by atoms with Crippen LogP contribution in [0.5, 0.6) is 0 Å². The molecule has 0 unspecified atom stereocenters. The highest BCUT2D eigenvalue weighted by Gasteiger charge is 2.12. The van der Waals surface area contributed by atoms with E-state index in [1.165, 1.54) is 6.20 Å². The van der Waals surface area contributed by atoms with Gasteiger partial charge in [-0.2, -0.15) is 5.10 Å². The zero-order chi connectivity index (χ0) is 12.1. The second-order valence-electron chi connectivity index (χ2n) is 3.70. The molecule has 0 amide bonds. The first-order valence-corrected chi connectivity index (χ1v) is 5.58. The smallest absolute Gasteiger partial charge is 0.339 e. The molecular formula is C11H19N3O2. The van der Waals surface area contributed by atoms with E-state index in [0.29, 0.717) is 5.56 Å². The molecule has 0 spiro atoms. The number of carboxylic acid groups (broad SMARTS) is 1. The largest absolute Gasteiger partial charge is 0.478 e. The van der Waals surface area contributed by atoms with E-state index in [0.717, 1.165) is 31.9 Å². The molecular weight excluding hydrogens is 206 g/mol. The average molecular weight is 225 g/mol. The van der Waals surface area contributed by atoms with E-state index in [9.17, 15) is 4.79 Å². The van der Waals surface area contributed by atoms with Gasteiger partial charge in [0.05, 0.1) is 12.7 Å². The zero-order valence-corrected chi connectivity index (χ0v) is 10.1. The van der Waals surface area contributed by atoms with Crippen LogP contribution in [0.4, 0.5) is 0 Å². The van der Waals surface area contributed by atoms with Crippen molar-refractivity contribution in [2.75, 3.05) is 19.6 Å². The van der Waals surface area contributed by atoms with E-state index in [1.54, 1.807) is 11.6 Å². The fraction of sp³-hybridized carbons (Fsp3) is 0.636. The summed E-state index contributed by atoms with van der Waals surface area (Å²) < 4.78 is 1.75. The molecule has 90 valence electrons. The molecule has 0 saturated carbocycles. The number of hydrogen-bond donors (Lipinski definition) is 1. The van der Waals surface area contributed by atoms with Crippen molar-refractivity contribution in [3.05, 3.63) is 17.5 Å². The molecule has 16 heavy (non-hydrogen) atoms. The first-order valence-electron chi connectivity index (χ1n) is 5.58.